The van der Waals surface area contributed by atoms with Gasteiger partial charge in [0, 0.05) is 17.7 Å². The SMILES string of the molecule is CCc1ccccc1-n1nc(-c2cccc(Cl)c2Cl)c2c1NCCCC2. The highest BCUT2D eigenvalue weighted by molar-refractivity contribution is 6.43. The van der Waals surface area contributed by atoms with Gasteiger partial charge in [-0.3, -0.25) is 0 Å². The van der Waals surface area contributed by atoms with Crippen molar-refractivity contribution in [3.05, 3.63) is 63.6 Å². The number of benzene rings is 2. The normalized spacial score (nSPS) is 13.8. The number of hydrogen-bond donors (Lipinski definition) is 1. The van der Waals surface area contributed by atoms with Crippen LogP contribution in [0.1, 0.15) is 30.9 Å². The number of rotatable bonds is 3. The van der Waals surface area contributed by atoms with E-state index in [1.165, 1.54) is 11.1 Å². The molecule has 1 aliphatic rings. The van der Waals surface area contributed by atoms with Crippen LogP contribution in [-0.4, -0.2) is 16.3 Å². The van der Waals surface area contributed by atoms with Crippen LogP contribution in [0, 0.1) is 0 Å². The first-order valence-electron chi connectivity index (χ1n) is 9.09. The van der Waals surface area contributed by atoms with Gasteiger partial charge in [-0.25, -0.2) is 4.68 Å². The number of aryl methyl sites for hydroxylation is 1. The molecule has 0 bridgehead atoms. The van der Waals surface area contributed by atoms with E-state index in [1.807, 2.05) is 22.9 Å². The average Bonchev–Trinajstić information content (AvgIpc) is 2.85. The van der Waals surface area contributed by atoms with Gasteiger partial charge in [0.15, 0.2) is 0 Å². The summed E-state index contributed by atoms with van der Waals surface area (Å²) < 4.78 is 2.05. The van der Waals surface area contributed by atoms with Crippen LogP contribution in [0.4, 0.5) is 5.82 Å². The van der Waals surface area contributed by atoms with Gasteiger partial charge in [-0.05, 0) is 43.4 Å². The van der Waals surface area contributed by atoms with E-state index >= 15 is 0 Å². The first-order valence-corrected chi connectivity index (χ1v) is 9.84. The third kappa shape index (κ3) is 3.00. The van der Waals surface area contributed by atoms with Gasteiger partial charge in [0.25, 0.3) is 0 Å². The third-order valence-electron chi connectivity index (χ3n) is 4.94. The molecule has 1 aliphatic heterocycles. The van der Waals surface area contributed by atoms with E-state index in [2.05, 4.69) is 36.5 Å². The Labute approximate surface area is 163 Å². The smallest absolute Gasteiger partial charge is 0.133 e. The van der Waals surface area contributed by atoms with Crippen molar-refractivity contribution >= 4 is 29.0 Å². The molecule has 0 amide bonds. The van der Waals surface area contributed by atoms with E-state index in [-0.39, 0.29) is 0 Å². The predicted molar refractivity (Wildman–Crippen MR) is 110 cm³/mol. The lowest BCUT2D eigenvalue weighted by Gasteiger charge is -2.12. The molecule has 26 heavy (non-hydrogen) atoms. The first kappa shape index (κ1) is 17.4. The van der Waals surface area contributed by atoms with Crippen molar-refractivity contribution in [2.75, 3.05) is 11.9 Å². The molecule has 0 spiro atoms. The first-order chi connectivity index (χ1) is 12.7. The number of halogens is 2. The molecule has 4 rings (SSSR count). The van der Waals surface area contributed by atoms with E-state index in [4.69, 9.17) is 28.3 Å². The number of aromatic nitrogens is 2. The third-order valence-corrected chi connectivity index (χ3v) is 5.76. The summed E-state index contributed by atoms with van der Waals surface area (Å²) in [7, 11) is 0. The van der Waals surface area contributed by atoms with Gasteiger partial charge in [-0.2, -0.15) is 5.10 Å². The molecule has 0 saturated carbocycles. The van der Waals surface area contributed by atoms with Crippen molar-refractivity contribution in [1.82, 2.24) is 9.78 Å². The Bertz CT molecular complexity index is 946. The highest BCUT2D eigenvalue weighted by Crippen LogP contribution is 2.39. The maximum atomic E-state index is 6.52. The molecular formula is C21H21Cl2N3. The number of anilines is 1. The predicted octanol–water partition coefficient (Wildman–Crippen LogP) is 6.16. The summed E-state index contributed by atoms with van der Waals surface area (Å²) >= 11 is 12.8. The Balaban J connectivity index is 1.97. The quantitative estimate of drug-likeness (QED) is 0.585. The molecule has 0 fully saturated rings. The number of fused-ring (bicyclic) bond motifs is 1. The minimum atomic E-state index is 0.558. The summed E-state index contributed by atoms with van der Waals surface area (Å²) in [6.07, 6.45) is 4.21. The van der Waals surface area contributed by atoms with Crippen LogP contribution in [0.2, 0.25) is 10.0 Å². The van der Waals surface area contributed by atoms with Crippen LogP contribution >= 0.6 is 23.2 Å². The van der Waals surface area contributed by atoms with E-state index in [0.29, 0.717) is 10.0 Å². The fraction of sp³-hybridized carbons (Fsp3) is 0.286. The molecule has 134 valence electrons. The summed E-state index contributed by atoms with van der Waals surface area (Å²) in [6.45, 7) is 3.12. The van der Waals surface area contributed by atoms with E-state index in [9.17, 15) is 0 Å². The van der Waals surface area contributed by atoms with Gasteiger partial charge in [-0.15, -0.1) is 0 Å². The molecule has 5 heteroatoms. The van der Waals surface area contributed by atoms with Crippen LogP contribution in [0.25, 0.3) is 16.9 Å². The molecule has 0 radical (unpaired) electrons. The van der Waals surface area contributed by atoms with Gasteiger partial charge in [-0.1, -0.05) is 60.5 Å². The lowest BCUT2D eigenvalue weighted by Crippen LogP contribution is -2.08. The van der Waals surface area contributed by atoms with E-state index in [1.54, 1.807) is 0 Å². The van der Waals surface area contributed by atoms with Crippen LogP contribution < -0.4 is 5.32 Å². The molecule has 0 saturated heterocycles. The maximum absolute atomic E-state index is 6.52. The number of nitrogens with one attached hydrogen (secondary N) is 1. The Kier molecular flexibility index (Phi) is 4.92. The maximum Gasteiger partial charge on any atom is 0.133 e. The number of para-hydroxylation sites is 1. The molecule has 0 aliphatic carbocycles. The summed E-state index contributed by atoms with van der Waals surface area (Å²) in [4.78, 5) is 0. The standard InChI is InChI=1S/C21H21Cl2N3/c1-2-14-8-3-4-12-18(14)26-21-16(9-5-6-13-24-21)20(25-26)15-10-7-11-17(22)19(15)23/h3-4,7-8,10-12,24H,2,5-6,9,13H2,1H3. The summed E-state index contributed by atoms with van der Waals surface area (Å²) in [5, 5.41) is 9.71. The monoisotopic (exact) mass is 385 g/mol. The molecule has 3 nitrogen and oxygen atoms in total. The molecule has 1 N–H and O–H groups in total. The largest absolute Gasteiger partial charge is 0.370 e. The minimum Gasteiger partial charge on any atom is -0.370 e. The van der Waals surface area contributed by atoms with E-state index in [0.717, 1.165) is 55.0 Å². The van der Waals surface area contributed by atoms with Gasteiger partial charge in [0.05, 0.1) is 21.4 Å². The Morgan fingerprint density at radius 2 is 1.92 bits per heavy atom. The van der Waals surface area contributed by atoms with Crippen LogP contribution in [0.5, 0.6) is 0 Å². The zero-order valence-electron chi connectivity index (χ0n) is 14.7. The zero-order valence-corrected chi connectivity index (χ0v) is 16.2. The zero-order chi connectivity index (χ0) is 18.1. The minimum absolute atomic E-state index is 0.558. The second-order valence-electron chi connectivity index (χ2n) is 6.56. The van der Waals surface area contributed by atoms with Crippen molar-refractivity contribution < 1.29 is 0 Å². The van der Waals surface area contributed by atoms with Crippen LogP contribution in [0.3, 0.4) is 0 Å². The van der Waals surface area contributed by atoms with Gasteiger partial charge in [0.2, 0.25) is 0 Å². The topological polar surface area (TPSA) is 29.9 Å². The highest BCUT2D eigenvalue weighted by atomic mass is 35.5. The Morgan fingerprint density at radius 1 is 1.08 bits per heavy atom. The fourth-order valence-electron chi connectivity index (χ4n) is 3.60. The second kappa shape index (κ2) is 7.34. The molecule has 2 heterocycles. The van der Waals surface area contributed by atoms with Gasteiger partial charge >= 0.3 is 0 Å². The number of hydrogen-bond acceptors (Lipinski definition) is 2. The highest BCUT2D eigenvalue weighted by Gasteiger charge is 2.24. The van der Waals surface area contributed by atoms with Crippen molar-refractivity contribution in [2.45, 2.75) is 32.6 Å². The molecule has 0 unspecified atom stereocenters. The van der Waals surface area contributed by atoms with Crippen molar-refractivity contribution in [1.29, 1.82) is 0 Å². The Hall–Kier alpha value is -1.97. The average molecular weight is 386 g/mol. The van der Waals surface area contributed by atoms with Gasteiger partial charge in [0.1, 0.15) is 5.82 Å². The molecule has 3 aromatic rings. The summed E-state index contributed by atoms with van der Waals surface area (Å²) in [5.41, 5.74) is 5.43. The molecular weight excluding hydrogens is 365 g/mol. The Morgan fingerprint density at radius 3 is 2.77 bits per heavy atom. The molecule has 2 aromatic carbocycles. The fourth-order valence-corrected chi connectivity index (χ4v) is 3.99. The second-order valence-corrected chi connectivity index (χ2v) is 7.34. The lowest BCUT2D eigenvalue weighted by atomic mass is 10.0. The molecule has 1 aromatic heterocycles. The van der Waals surface area contributed by atoms with Crippen molar-refractivity contribution in [2.24, 2.45) is 0 Å². The molecule has 0 atom stereocenters. The summed E-state index contributed by atoms with van der Waals surface area (Å²) in [6, 6.07) is 14.2. The van der Waals surface area contributed by atoms with Gasteiger partial charge < -0.3 is 5.32 Å². The lowest BCUT2D eigenvalue weighted by molar-refractivity contribution is 0.779. The van der Waals surface area contributed by atoms with Crippen molar-refractivity contribution in [3.8, 4) is 16.9 Å². The van der Waals surface area contributed by atoms with Crippen LogP contribution in [-0.2, 0) is 12.8 Å². The van der Waals surface area contributed by atoms with Crippen molar-refractivity contribution in [3.63, 3.8) is 0 Å². The summed E-state index contributed by atoms with van der Waals surface area (Å²) in [5.74, 6) is 1.08. The van der Waals surface area contributed by atoms with E-state index < -0.39 is 0 Å². The van der Waals surface area contributed by atoms with Crippen LogP contribution in [0.15, 0.2) is 42.5 Å². The number of nitrogens with zero attached hydrogens (tertiary/aromatic N) is 2.